The van der Waals surface area contributed by atoms with Crippen molar-refractivity contribution in [2.24, 2.45) is 0 Å². The van der Waals surface area contributed by atoms with E-state index in [4.69, 9.17) is 4.74 Å². The van der Waals surface area contributed by atoms with Crippen LogP contribution in [0.2, 0.25) is 0 Å². The number of aliphatic hydroxyl groups excluding tert-OH is 1. The van der Waals surface area contributed by atoms with Gasteiger partial charge in [0.15, 0.2) is 0 Å². The van der Waals surface area contributed by atoms with Crippen LogP contribution in [0.3, 0.4) is 0 Å². The molecule has 0 aromatic heterocycles. The van der Waals surface area contributed by atoms with Crippen LogP contribution in [0.4, 0.5) is 0 Å². The van der Waals surface area contributed by atoms with Crippen LogP contribution >= 0.6 is 0 Å². The zero-order valence-corrected chi connectivity index (χ0v) is 7.73. The minimum Gasteiger partial charge on any atom is -0.491 e. The molecule has 0 fully saturated rings. The van der Waals surface area contributed by atoms with Gasteiger partial charge in [0.1, 0.15) is 18.5 Å². The molecule has 0 aliphatic rings. The first kappa shape index (κ1) is 9.81. The number of aliphatic hydroxyl groups is 1. The predicted octanol–water partition coefficient (Wildman–Crippen LogP) is 2.00. The summed E-state index contributed by atoms with van der Waals surface area (Å²) in [5.41, 5.74) is 0.718. The zero-order chi connectivity index (χ0) is 9.68. The molecule has 0 spiro atoms. The highest BCUT2D eigenvalue weighted by atomic mass is 16.5. The first-order valence-electron chi connectivity index (χ1n) is 4.21. The van der Waals surface area contributed by atoms with Gasteiger partial charge in [-0.1, -0.05) is 24.8 Å². The minimum atomic E-state index is -0.583. The Kier molecular flexibility index (Phi) is 3.53. The van der Waals surface area contributed by atoms with Gasteiger partial charge in [-0.3, -0.25) is 0 Å². The molecule has 1 aromatic rings. The average molecular weight is 178 g/mol. The van der Waals surface area contributed by atoms with Crippen molar-refractivity contribution in [2.45, 2.75) is 13.0 Å². The molecule has 0 aliphatic carbocycles. The van der Waals surface area contributed by atoms with Crippen LogP contribution in [0.25, 0.3) is 0 Å². The fourth-order valence-electron chi connectivity index (χ4n) is 0.834. The van der Waals surface area contributed by atoms with Gasteiger partial charge in [0, 0.05) is 0 Å². The smallest absolute Gasteiger partial charge is 0.119 e. The normalized spacial score (nSPS) is 12.2. The van der Waals surface area contributed by atoms with Crippen LogP contribution in [-0.4, -0.2) is 17.8 Å². The fraction of sp³-hybridized carbons (Fsp3) is 0.273. The summed E-state index contributed by atoms with van der Waals surface area (Å²) < 4.78 is 5.32. The van der Waals surface area contributed by atoms with Gasteiger partial charge in [0.25, 0.3) is 0 Å². The molecule has 0 bridgehead atoms. The van der Waals surface area contributed by atoms with E-state index in [0.29, 0.717) is 0 Å². The Hall–Kier alpha value is -1.28. The maximum Gasteiger partial charge on any atom is 0.119 e. The van der Waals surface area contributed by atoms with Crippen molar-refractivity contribution in [2.75, 3.05) is 6.61 Å². The summed E-state index contributed by atoms with van der Waals surface area (Å²) in [6.45, 7) is 5.68. The lowest BCUT2D eigenvalue weighted by Gasteiger charge is -2.11. The van der Waals surface area contributed by atoms with Crippen molar-refractivity contribution >= 4 is 0 Å². The Morgan fingerprint density at radius 1 is 1.46 bits per heavy atom. The lowest BCUT2D eigenvalue weighted by Crippen LogP contribution is -2.17. The van der Waals surface area contributed by atoms with Gasteiger partial charge in [-0.05, 0) is 24.6 Å². The summed E-state index contributed by atoms with van der Waals surface area (Å²) in [5.74, 6) is 0.766. The lowest BCUT2D eigenvalue weighted by atomic mass is 10.2. The van der Waals surface area contributed by atoms with Crippen molar-refractivity contribution in [3.63, 3.8) is 0 Å². The molecular formula is C11H14O2. The first-order chi connectivity index (χ1) is 6.20. The molecule has 13 heavy (non-hydrogen) atoms. The highest BCUT2D eigenvalue weighted by Crippen LogP contribution is 2.09. The summed E-state index contributed by atoms with van der Waals surface area (Å²) in [6.07, 6.45) is -0.583. The summed E-state index contributed by atoms with van der Waals surface area (Å²) >= 11 is 0. The third-order valence-corrected chi connectivity index (χ3v) is 1.72. The van der Waals surface area contributed by atoms with E-state index in [9.17, 15) is 5.11 Å². The Labute approximate surface area is 78.5 Å². The predicted molar refractivity (Wildman–Crippen MR) is 52.8 cm³/mol. The number of para-hydroxylation sites is 1. The molecule has 0 radical (unpaired) electrons. The molecule has 2 heteroatoms. The number of hydrogen-bond acceptors (Lipinski definition) is 2. The molecule has 1 aromatic carbocycles. The fourth-order valence-corrected chi connectivity index (χ4v) is 0.834. The van der Waals surface area contributed by atoms with Gasteiger partial charge in [0.05, 0.1) is 0 Å². The third-order valence-electron chi connectivity index (χ3n) is 1.72. The summed E-state index contributed by atoms with van der Waals surface area (Å²) in [5, 5.41) is 9.36. The number of hydrogen-bond donors (Lipinski definition) is 1. The van der Waals surface area contributed by atoms with Crippen molar-refractivity contribution < 1.29 is 9.84 Å². The van der Waals surface area contributed by atoms with Crippen LogP contribution in [0, 0.1) is 0 Å². The van der Waals surface area contributed by atoms with Gasteiger partial charge in [-0.25, -0.2) is 0 Å². The molecule has 70 valence electrons. The van der Waals surface area contributed by atoms with Crippen LogP contribution in [0.5, 0.6) is 5.75 Å². The van der Waals surface area contributed by atoms with E-state index in [1.807, 2.05) is 30.3 Å². The van der Waals surface area contributed by atoms with Crippen LogP contribution in [-0.2, 0) is 0 Å². The summed E-state index contributed by atoms with van der Waals surface area (Å²) in [4.78, 5) is 0. The van der Waals surface area contributed by atoms with E-state index in [1.54, 1.807) is 6.92 Å². The molecule has 0 aliphatic heterocycles. The molecule has 1 atom stereocenters. The van der Waals surface area contributed by atoms with E-state index in [2.05, 4.69) is 6.58 Å². The largest absolute Gasteiger partial charge is 0.491 e. The van der Waals surface area contributed by atoms with Crippen LogP contribution < -0.4 is 4.74 Å². The van der Waals surface area contributed by atoms with Gasteiger partial charge in [-0.2, -0.15) is 0 Å². The van der Waals surface area contributed by atoms with Crippen molar-refractivity contribution in [3.05, 3.63) is 42.5 Å². The SMILES string of the molecule is C=C(C)C(O)COc1ccccc1. The second-order valence-electron chi connectivity index (χ2n) is 2.99. The highest BCUT2D eigenvalue weighted by molar-refractivity contribution is 5.21. The maximum absolute atomic E-state index is 9.36. The number of benzene rings is 1. The van der Waals surface area contributed by atoms with E-state index in [1.165, 1.54) is 0 Å². The third kappa shape index (κ3) is 3.30. The van der Waals surface area contributed by atoms with Crippen molar-refractivity contribution in [1.82, 2.24) is 0 Å². The molecule has 2 nitrogen and oxygen atoms in total. The maximum atomic E-state index is 9.36. The Morgan fingerprint density at radius 3 is 2.62 bits per heavy atom. The van der Waals surface area contributed by atoms with E-state index in [-0.39, 0.29) is 6.61 Å². The van der Waals surface area contributed by atoms with Crippen LogP contribution in [0.15, 0.2) is 42.5 Å². The van der Waals surface area contributed by atoms with Crippen molar-refractivity contribution in [3.8, 4) is 5.75 Å². The standard InChI is InChI=1S/C11H14O2/c1-9(2)11(12)8-13-10-6-4-3-5-7-10/h3-7,11-12H,1,8H2,2H3. The summed E-state index contributed by atoms with van der Waals surface area (Å²) in [6, 6.07) is 9.41. The second-order valence-corrected chi connectivity index (χ2v) is 2.99. The Balaban J connectivity index is 2.39. The molecule has 1 unspecified atom stereocenters. The molecule has 0 amide bonds. The van der Waals surface area contributed by atoms with Crippen molar-refractivity contribution in [1.29, 1.82) is 0 Å². The number of rotatable bonds is 4. The van der Waals surface area contributed by atoms with E-state index in [0.717, 1.165) is 11.3 Å². The number of ether oxygens (including phenoxy) is 1. The molecule has 0 saturated heterocycles. The average Bonchev–Trinajstić information content (AvgIpc) is 2.15. The molecular weight excluding hydrogens is 164 g/mol. The second kappa shape index (κ2) is 4.67. The first-order valence-corrected chi connectivity index (χ1v) is 4.21. The quantitative estimate of drug-likeness (QED) is 0.714. The molecule has 0 saturated carbocycles. The lowest BCUT2D eigenvalue weighted by molar-refractivity contribution is 0.136. The minimum absolute atomic E-state index is 0.263. The van der Waals surface area contributed by atoms with E-state index >= 15 is 0 Å². The van der Waals surface area contributed by atoms with E-state index < -0.39 is 6.10 Å². The highest BCUT2D eigenvalue weighted by Gasteiger charge is 2.04. The van der Waals surface area contributed by atoms with Gasteiger partial charge >= 0.3 is 0 Å². The Bertz CT molecular complexity index is 267. The van der Waals surface area contributed by atoms with Gasteiger partial charge in [0.2, 0.25) is 0 Å². The summed E-state index contributed by atoms with van der Waals surface area (Å²) in [7, 11) is 0. The molecule has 1 rings (SSSR count). The molecule has 0 heterocycles. The molecule has 1 N–H and O–H groups in total. The zero-order valence-electron chi connectivity index (χ0n) is 7.73. The monoisotopic (exact) mass is 178 g/mol. The van der Waals surface area contributed by atoms with Gasteiger partial charge < -0.3 is 9.84 Å². The van der Waals surface area contributed by atoms with Gasteiger partial charge in [-0.15, -0.1) is 0 Å². The Morgan fingerprint density at radius 2 is 2.08 bits per heavy atom. The topological polar surface area (TPSA) is 29.5 Å². The van der Waals surface area contributed by atoms with Crippen LogP contribution in [0.1, 0.15) is 6.92 Å².